The number of nitrogens with zero attached hydrogens (tertiary/aromatic N) is 4. The predicted octanol–water partition coefficient (Wildman–Crippen LogP) is 2.94. The second-order valence-electron chi connectivity index (χ2n) is 11.9. The number of hydrogen-bond donors (Lipinski definition) is 3. The highest BCUT2D eigenvalue weighted by atomic mass is 32.2. The van der Waals surface area contributed by atoms with Crippen molar-refractivity contribution in [2.45, 2.75) is 32.4 Å². The first kappa shape index (κ1) is 35.2. The molecule has 0 fully saturated rings. The van der Waals surface area contributed by atoms with Gasteiger partial charge in [-0.3, -0.25) is 23.5 Å². The molecule has 1 aliphatic heterocycles. The molecule has 2 aromatic carbocycles. The van der Waals surface area contributed by atoms with Gasteiger partial charge in [-0.2, -0.15) is 0 Å². The van der Waals surface area contributed by atoms with Crippen LogP contribution in [0.1, 0.15) is 73.7 Å². The lowest BCUT2D eigenvalue weighted by Gasteiger charge is -2.26. The standard InChI is InChI=1S/C33H37N7O7S2/c1-20(2)28-32-37-26(19-48-32)30(43)35-24(16-21-8-6-5-7-9-21)31-36-25(18-47-31)29(42)34-14-15-40(17-27(41)38-28)33(44)22-10-12-23(13-11-22)39(3)49(4,45)46/h5-13,18-20,24,28H,14-17H2,1-4H3,(H,34,42)(H,35,43)(H,38,41)/t24-,28-/m0/s1. The molecule has 0 unspecified atom stereocenters. The summed E-state index contributed by atoms with van der Waals surface area (Å²) in [5, 5.41) is 10.7. The lowest BCUT2D eigenvalue weighted by Crippen LogP contribution is -2.45. The highest BCUT2D eigenvalue weighted by molar-refractivity contribution is 7.92. The molecule has 4 aromatic rings. The van der Waals surface area contributed by atoms with Crippen LogP contribution in [0.2, 0.25) is 0 Å². The summed E-state index contributed by atoms with van der Waals surface area (Å²) in [4.78, 5) is 63.9. The van der Waals surface area contributed by atoms with Gasteiger partial charge >= 0.3 is 0 Å². The summed E-state index contributed by atoms with van der Waals surface area (Å²) in [6.45, 7) is 3.40. The highest BCUT2D eigenvalue weighted by Gasteiger charge is 2.28. The molecular formula is C33H37N7O7S2. The number of sulfonamides is 1. The number of thiazole rings is 1. The second kappa shape index (κ2) is 15.0. The van der Waals surface area contributed by atoms with Crippen molar-refractivity contribution in [1.29, 1.82) is 0 Å². The minimum absolute atomic E-state index is 0.0252. The number of fused-ring (bicyclic) bond motifs is 4. The van der Waals surface area contributed by atoms with E-state index >= 15 is 0 Å². The molecule has 0 radical (unpaired) electrons. The van der Waals surface area contributed by atoms with E-state index in [0.29, 0.717) is 17.1 Å². The Bertz CT molecular complexity index is 1930. The molecule has 0 aliphatic carbocycles. The summed E-state index contributed by atoms with van der Waals surface area (Å²) in [7, 11) is -2.11. The zero-order chi connectivity index (χ0) is 35.3. The Morgan fingerprint density at radius 2 is 1.73 bits per heavy atom. The number of rotatable bonds is 6. The molecule has 14 nitrogen and oxygen atoms in total. The van der Waals surface area contributed by atoms with Gasteiger partial charge in [0, 0.05) is 37.5 Å². The van der Waals surface area contributed by atoms with Gasteiger partial charge in [-0.1, -0.05) is 44.2 Å². The van der Waals surface area contributed by atoms with Crippen LogP contribution in [-0.2, 0) is 21.2 Å². The van der Waals surface area contributed by atoms with Crippen molar-refractivity contribution >= 4 is 50.7 Å². The Morgan fingerprint density at radius 3 is 2.41 bits per heavy atom. The van der Waals surface area contributed by atoms with E-state index < -0.39 is 45.7 Å². The zero-order valence-corrected chi connectivity index (χ0v) is 29.0. The average molecular weight is 708 g/mol. The Labute approximate surface area is 288 Å². The van der Waals surface area contributed by atoms with Crippen LogP contribution in [0.15, 0.2) is 70.7 Å². The fraction of sp³-hybridized carbons (Fsp3) is 0.333. The normalized spacial score (nSPS) is 17.8. The zero-order valence-electron chi connectivity index (χ0n) is 27.4. The van der Waals surface area contributed by atoms with Gasteiger partial charge < -0.3 is 25.3 Å². The number of amides is 4. The smallest absolute Gasteiger partial charge is 0.273 e. The summed E-state index contributed by atoms with van der Waals surface area (Å²) in [6.07, 6.45) is 2.60. The summed E-state index contributed by atoms with van der Waals surface area (Å²) in [6, 6.07) is 14.1. The minimum atomic E-state index is -3.51. The Balaban J connectivity index is 1.45. The maximum Gasteiger partial charge on any atom is 0.273 e. The molecule has 4 amide bonds. The molecule has 1 aliphatic rings. The fourth-order valence-electron chi connectivity index (χ4n) is 5.11. The number of nitrogens with one attached hydrogen (secondary N) is 3. The monoisotopic (exact) mass is 707 g/mol. The molecule has 2 atom stereocenters. The number of carbonyl (C=O) groups excluding carboxylic acids is 4. The van der Waals surface area contributed by atoms with Crippen LogP contribution in [0.3, 0.4) is 0 Å². The van der Waals surface area contributed by atoms with Gasteiger partial charge in [-0.25, -0.2) is 18.4 Å². The third kappa shape index (κ3) is 8.69. The van der Waals surface area contributed by atoms with Crippen molar-refractivity contribution in [3.8, 4) is 0 Å². The molecule has 5 rings (SSSR count). The van der Waals surface area contributed by atoms with E-state index in [1.807, 2.05) is 44.2 Å². The Kier molecular flexibility index (Phi) is 10.8. The first-order valence-corrected chi connectivity index (χ1v) is 18.2. The van der Waals surface area contributed by atoms with Crippen molar-refractivity contribution < 1.29 is 32.0 Å². The first-order chi connectivity index (χ1) is 23.3. The van der Waals surface area contributed by atoms with Gasteiger partial charge in [-0.15, -0.1) is 11.3 Å². The number of oxazole rings is 1. The number of anilines is 1. The molecule has 49 heavy (non-hydrogen) atoms. The van der Waals surface area contributed by atoms with Crippen LogP contribution in [0.25, 0.3) is 0 Å². The molecular weight excluding hydrogens is 671 g/mol. The van der Waals surface area contributed by atoms with E-state index in [9.17, 15) is 27.6 Å². The molecule has 0 saturated heterocycles. The molecule has 2 aromatic heterocycles. The lowest BCUT2D eigenvalue weighted by atomic mass is 10.0. The lowest BCUT2D eigenvalue weighted by molar-refractivity contribution is -0.122. The van der Waals surface area contributed by atoms with Crippen molar-refractivity contribution in [1.82, 2.24) is 30.8 Å². The van der Waals surface area contributed by atoms with E-state index in [1.54, 1.807) is 5.38 Å². The fourth-order valence-corrected chi connectivity index (χ4v) is 6.64. The van der Waals surface area contributed by atoms with Gasteiger partial charge in [0.15, 0.2) is 5.69 Å². The molecule has 3 heterocycles. The van der Waals surface area contributed by atoms with Crippen LogP contribution in [0, 0.1) is 5.92 Å². The third-order valence-corrected chi connectivity index (χ3v) is 10.0. The predicted molar refractivity (Wildman–Crippen MR) is 183 cm³/mol. The van der Waals surface area contributed by atoms with Crippen LogP contribution in [0.5, 0.6) is 0 Å². The Morgan fingerprint density at radius 1 is 1.02 bits per heavy atom. The third-order valence-electron chi connectivity index (χ3n) is 7.91. The van der Waals surface area contributed by atoms with Gasteiger partial charge in [0.25, 0.3) is 17.7 Å². The average Bonchev–Trinajstić information content (AvgIpc) is 3.77. The number of hydrogen-bond acceptors (Lipinski definition) is 10. The molecule has 0 spiro atoms. The summed E-state index contributed by atoms with van der Waals surface area (Å²) >= 11 is 1.23. The van der Waals surface area contributed by atoms with Crippen molar-refractivity contribution in [3.63, 3.8) is 0 Å². The molecule has 3 N–H and O–H groups in total. The number of aromatic nitrogens is 2. The number of carbonyl (C=O) groups is 4. The van der Waals surface area contributed by atoms with Crippen molar-refractivity contribution in [2.75, 3.05) is 37.2 Å². The number of benzene rings is 2. The largest absolute Gasteiger partial charge is 0.446 e. The van der Waals surface area contributed by atoms with E-state index in [1.165, 1.54) is 53.8 Å². The van der Waals surface area contributed by atoms with Crippen LogP contribution < -0.4 is 20.3 Å². The van der Waals surface area contributed by atoms with E-state index in [-0.39, 0.29) is 48.4 Å². The topological polar surface area (TPSA) is 184 Å². The maximum absolute atomic E-state index is 13.7. The first-order valence-electron chi connectivity index (χ1n) is 15.5. The summed E-state index contributed by atoms with van der Waals surface area (Å²) in [5.74, 6) is -2.01. The second-order valence-corrected chi connectivity index (χ2v) is 14.8. The van der Waals surface area contributed by atoms with Gasteiger partial charge in [0.1, 0.15) is 23.0 Å². The maximum atomic E-state index is 13.7. The van der Waals surface area contributed by atoms with E-state index in [2.05, 4.69) is 25.9 Å². The van der Waals surface area contributed by atoms with E-state index in [0.717, 1.165) is 16.1 Å². The van der Waals surface area contributed by atoms with Gasteiger partial charge in [0.05, 0.1) is 24.5 Å². The van der Waals surface area contributed by atoms with Crippen LogP contribution in [-0.4, -0.2) is 79.9 Å². The van der Waals surface area contributed by atoms with Crippen molar-refractivity contribution in [3.05, 3.63) is 99.7 Å². The van der Waals surface area contributed by atoms with E-state index in [4.69, 9.17) is 4.42 Å². The molecule has 0 saturated carbocycles. The van der Waals surface area contributed by atoms with Crippen LogP contribution in [0.4, 0.5) is 5.69 Å². The molecule has 16 heteroatoms. The van der Waals surface area contributed by atoms with Gasteiger partial charge in [-0.05, 0) is 35.7 Å². The SMILES string of the molecule is CC(C)[C@@H]1NC(=O)CN(C(=O)c2ccc(N(C)S(C)(=O)=O)cc2)CCNC(=O)c2coc(n2)[C@H](Cc2ccccc2)NC(=O)c2csc1n2. The van der Waals surface area contributed by atoms with Crippen LogP contribution >= 0.6 is 11.3 Å². The summed E-state index contributed by atoms with van der Waals surface area (Å²) < 4.78 is 30.7. The summed E-state index contributed by atoms with van der Waals surface area (Å²) in [5.41, 5.74) is 1.60. The quantitative estimate of drug-likeness (QED) is 0.271. The minimum Gasteiger partial charge on any atom is -0.446 e. The highest BCUT2D eigenvalue weighted by Crippen LogP contribution is 2.26. The molecule has 258 valence electrons. The Hall–Kier alpha value is -5.09. The van der Waals surface area contributed by atoms with Crippen molar-refractivity contribution in [2.24, 2.45) is 5.92 Å². The molecule has 4 bridgehead atoms. The van der Waals surface area contributed by atoms with Gasteiger partial charge in [0.2, 0.25) is 21.8 Å².